The number of hydrogen-bond donors (Lipinski definition) is 1. The van der Waals surface area contributed by atoms with Crippen molar-refractivity contribution in [1.29, 1.82) is 0 Å². The number of para-hydroxylation sites is 1. The average Bonchev–Trinajstić information content (AvgIpc) is 2.69. The van der Waals surface area contributed by atoms with Crippen LogP contribution in [0.1, 0.15) is 12.1 Å². The zero-order valence-corrected chi connectivity index (χ0v) is 12.3. The Labute approximate surface area is 116 Å². The molecule has 1 heterocycles. The van der Waals surface area contributed by atoms with Gasteiger partial charge >= 0.3 is 0 Å². The minimum Gasteiger partial charge on any atom is -0.344 e. The van der Waals surface area contributed by atoms with Crippen LogP contribution in [0.5, 0.6) is 0 Å². The Bertz CT molecular complexity index is 514. The van der Waals surface area contributed by atoms with E-state index >= 15 is 0 Å². The second-order valence-corrected chi connectivity index (χ2v) is 5.40. The SMILES string of the molecule is Cc1cc2ccccc2n1CCNCCCN(C)C. The summed E-state index contributed by atoms with van der Waals surface area (Å²) in [5.41, 5.74) is 2.69. The molecule has 104 valence electrons. The number of benzene rings is 1. The Kier molecular flexibility index (Phi) is 5.00. The van der Waals surface area contributed by atoms with Gasteiger partial charge in [0.05, 0.1) is 0 Å². The van der Waals surface area contributed by atoms with Crippen LogP contribution in [0.15, 0.2) is 30.3 Å². The van der Waals surface area contributed by atoms with Crippen molar-refractivity contribution in [3.63, 3.8) is 0 Å². The van der Waals surface area contributed by atoms with Gasteiger partial charge in [0.15, 0.2) is 0 Å². The molecule has 1 aromatic carbocycles. The molecule has 3 heteroatoms. The van der Waals surface area contributed by atoms with E-state index in [9.17, 15) is 0 Å². The average molecular weight is 259 g/mol. The zero-order chi connectivity index (χ0) is 13.7. The van der Waals surface area contributed by atoms with Crippen LogP contribution in [0.25, 0.3) is 10.9 Å². The Hall–Kier alpha value is -1.32. The van der Waals surface area contributed by atoms with Crippen LogP contribution >= 0.6 is 0 Å². The summed E-state index contributed by atoms with van der Waals surface area (Å²) in [6.07, 6.45) is 1.21. The fraction of sp³-hybridized carbons (Fsp3) is 0.500. The summed E-state index contributed by atoms with van der Waals surface area (Å²) in [7, 11) is 4.24. The normalized spacial score (nSPS) is 11.6. The number of rotatable bonds is 7. The maximum absolute atomic E-state index is 3.52. The van der Waals surface area contributed by atoms with Crippen molar-refractivity contribution in [2.75, 3.05) is 33.7 Å². The molecule has 2 rings (SSSR count). The van der Waals surface area contributed by atoms with Gasteiger partial charge in [0, 0.05) is 24.3 Å². The van der Waals surface area contributed by atoms with Gasteiger partial charge in [-0.3, -0.25) is 0 Å². The lowest BCUT2D eigenvalue weighted by molar-refractivity contribution is 0.393. The minimum absolute atomic E-state index is 1.03. The third-order valence-corrected chi connectivity index (χ3v) is 3.49. The molecule has 0 saturated heterocycles. The van der Waals surface area contributed by atoms with Crippen LogP contribution in [-0.2, 0) is 6.54 Å². The molecule has 0 amide bonds. The molecule has 0 spiro atoms. The van der Waals surface area contributed by atoms with E-state index in [1.54, 1.807) is 0 Å². The summed E-state index contributed by atoms with van der Waals surface area (Å²) >= 11 is 0. The van der Waals surface area contributed by atoms with Crippen LogP contribution < -0.4 is 5.32 Å². The number of nitrogens with one attached hydrogen (secondary N) is 1. The van der Waals surface area contributed by atoms with Crippen molar-refractivity contribution in [3.05, 3.63) is 36.0 Å². The van der Waals surface area contributed by atoms with Crippen LogP contribution in [0.4, 0.5) is 0 Å². The lowest BCUT2D eigenvalue weighted by Gasteiger charge is -2.11. The third kappa shape index (κ3) is 3.82. The predicted octanol–water partition coefficient (Wildman–Crippen LogP) is 2.49. The molecule has 1 N–H and O–H groups in total. The molecule has 0 fully saturated rings. The molecule has 0 atom stereocenters. The van der Waals surface area contributed by atoms with Gasteiger partial charge in [-0.15, -0.1) is 0 Å². The summed E-state index contributed by atoms with van der Waals surface area (Å²) < 4.78 is 2.40. The second-order valence-electron chi connectivity index (χ2n) is 5.40. The molecule has 0 aliphatic heterocycles. The Balaban J connectivity index is 1.83. The molecule has 2 aromatic rings. The summed E-state index contributed by atoms with van der Waals surface area (Å²) in [5.74, 6) is 0. The van der Waals surface area contributed by atoms with E-state index in [0.717, 1.165) is 26.2 Å². The highest BCUT2D eigenvalue weighted by Gasteiger charge is 2.03. The quantitative estimate of drug-likeness (QED) is 0.771. The Morgan fingerprint density at radius 2 is 1.95 bits per heavy atom. The van der Waals surface area contributed by atoms with Crippen LogP contribution in [-0.4, -0.2) is 43.2 Å². The van der Waals surface area contributed by atoms with E-state index in [1.807, 2.05) is 0 Å². The van der Waals surface area contributed by atoms with Gasteiger partial charge in [-0.1, -0.05) is 18.2 Å². The zero-order valence-electron chi connectivity index (χ0n) is 12.3. The van der Waals surface area contributed by atoms with Crippen LogP contribution in [0.2, 0.25) is 0 Å². The minimum atomic E-state index is 1.03. The molecule has 19 heavy (non-hydrogen) atoms. The van der Waals surface area contributed by atoms with Crippen molar-refractivity contribution in [2.45, 2.75) is 19.9 Å². The first kappa shape index (κ1) is 14.1. The molecule has 3 nitrogen and oxygen atoms in total. The van der Waals surface area contributed by atoms with Gasteiger partial charge in [0.25, 0.3) is 0 Å². The number of aryl methyl sites for hydroxylation is 1. The monoisotopic (exact) mass is 259 g/mol. The summed E-state index contributed by atoms with van der Waals surface area (Å²) in [6.45, 7) is 6.51. The predicted molar refractivity (Wildman–Crippen MR) is 82.7 cm³/mol. The standard InChI is InChI=1S/C16H25N3/c1-14-13-15-7-4-5-8-16(15)19(14)12-10-17-9-6-11-18(2)3/h4-5,7-8,13,17H,6,9-12H2,1-3H3. The number of aromatic nitrogens is 1. The summed E-state index contributed by atoms with van der Waals surface area (Å²) in [6, 6.07) is 10.9. The lowest BCUT2D eigenvalue weighted by atomic mass is 10.2. The second kappa shape index (κ2) is 6.73. The van der Waals surface area contributed by atoms with E-state index in [1.165, 1.54) is 23.0 Å². The van der Waals surface area contributed by atoms with Gasteiger partial charge in [-0.2, -0.15) is 0 Å². The van der Waals surface area contributed by atoms with Crippen molar-refractivity contribution < 1.29 is 0 Å². The number of fused-ring (bicyclic) bond motifs is 1. The van der Waals surface area contributed by atoms with E-state index in [4.69, 9.17) is 0 Å². The Morgan fingerprint density at radius 1 is 1.16 bits per heavy atom. The van der Waals surface area contributed by atoms with E-state index in [-0.39, 0.29) is 0 Å². The molecular weight excluding hydrogens is 234 g/mol. The van der Waals surface area contributed by atoms with Gasteiger partial charge in [-0.25, -0.2) is 0 Å². The topological polar surface area (TPSA) is 20.2 Å². The van der Waals surface area contributed by atoms with Crippen LogP contribution in [0, 0.1) is 6.92 Å². The molecule has 0 aliphatic carbocycles. The molecule has 0 bridgehead atoms. The molecule has 0 unspecified atom stereocenters. The van der Waals surface area contributed by atoms with Crippen molar-refractivity contribution in [3.8, 4) is 0 Å². The van der Waals surface area contributed by atoms with Gasteiger partial charge in [0.1, 0.15) is 0 Å². The van der Waals surface area contributed by atoms with E-state index in [0.29, 0.717) is 0 Å². The highest BCUT2D eigenvalue weighted by molar-refractivity contribution is 5.81. The molecule has 0 aliphatic rings. The maximum atomic E-state index is 3.52. The fourth-order valence-corrected chi connectivity index (χ4v) is 2.48. The molecular formula is C16H25N3. The van der Waals surface area contributed by atoms with Gasteiger partial charge in [-0.05, 0) is 58.0 Å². The largest absolute Gasteiger partial charge is 0.344 e. The fourth-order valence-electron chi connectivity index (χ4n) is 2.48. The number of hydrogen-bond acceptors (Lipinski definition) is 2. The van der Waals surface area contributed by atoms with Crippen molar-refractivity contribution >= 4 is 10.9 Å². The highest BCUT2D eigenvalue weighted by atomic mass is 15.1. The highest BCUT2D eigenvalue weighted by Crippen LogP contribution is 2.18. The Morgan fingerprint density at radius 3 is 2.74 bits per heavy atom. The van der Waals surface area contributed by atoms with E-state index < -0.39 is 0 Å². The van der Waals surface area contributed by atoms with Crippen LogP contribution in [0.3, 0.4) is 0 Å². The number of nitrogens with zero attached hydrogens (tertiary/aromatic N) is 2. The maximum Gasteiger partial charge on any atom is 0.0482 e. The smallest absolute Gasteiger partial charge is 0.0482 e. The first-order valence-electron chi connectivity index (χ1n) is 7.09. The molecule has 0 saturated carbocycles. The van der Waals surface area contributed by atoms with E-state index in [2.05, 4.69) is 66.1 Å². The van der Waals surface area contributed by atoms with Crippen molar-refractivity contribution in [1.82, 2.24) is 14.8 Å². The molecule has 0 radical (unpaired) electrons. The van der Waals surface area contributed by atoms with Crippen molar-refractivity contribution in [2.24, 2.45) is 0 Å². The van der Waals surface area contributed by atoms with Gasteiger partial charge in [0.2, 0.25) is 0 Å². The summed E-state index contributed by atoms with van der Waals surface area (Å²) in [5, 5.41) is 4.86. The first-order chi connectivity index (χ1) is 9.18. The van der Waals surface area contributed by atoms with Gasteiger partial charge < -0.3 is 14.8 Å². The lowest BCUT2D eigenvalue weighted by Crippen LogP contribution is -2.24. The third-order valence-electron chi connectivity index (χ3n) is 3.49. The first-order valence-corrected chi connectivity index (χ1v) is 7.09. The molecule has 1 aromatic heterocycles. The summed E-state index contributed by atoms with van der Waals surface area (Å²) in [4.78, 5) is 2.23.